The molecular formula is C16H24N2O. The second-order valence-corrected chi connectivity index (χ2v) is 5.93. The van der Waals surface area contributed by atoms with E-state index in [9.17, 15) is 0 Å². The third-order valence-electron chi connectivity index (χ3n) is 4.05. The van der Waals surface area contributed by atoms with Crippen LogP contribution in [0.15, 0.2) is 12.1 Å². The first-order chi connectivity index (χ1) is 9.31. The standard InChI is InChI=1S/C16H24N2O/c1-12-7-10-16(19-14-5-3-2-4-6-14)15(18-12)11-17-13-8-9-13/h7,10,13-14,17H,2-6,8-9,11H2,1H3. The Hall–Kier alpha value is -1.09. The van der Waals surface area contributed by atoms with Crippen LogP contribution in [0.4, 0.5) is 0 Å². The Bertz CT molecular complexity index is 423. The molecule has 2 saturated carbocycles. The zero-order chi connectivity index (χ0) is 13.1. The number of rotatable bonds is 5. The molecule has 1 aromatic heterocycles. The van der Waals surface area contributed by atoms with Crippen LogP contribution in [-0.4, -0.2) is 17.1 Å². The van der Waals surface area contributed by atoms with E-state index in [0.717, 1.165) is 23.7 Å². The maximum atomic E-state index is 6.19. The number of hydrogen-bond acceptors (Lipinski definition) is 3. The van der Waals surface area contributed by atoms with Crippen LogP contribution in [0.2, 0.25) is 0 Å². The lowest BCUT2D eigenvalue weighted by Gasteiger charge is -2.24. The van der Waals surface area contributed by atoms with Gasteiger partial charge in [0.15, 0.2) is 0 Å². The molecule has 0 radical (unpaired) electrons. The maximum Gasteiger partial charge on any atom is 0.142 e. The molecule has 2 fully saturated rings. The molecular weight excluding hydrogens is 236 g/mol. The van der Waals surface area contributed by atoms with Crippen molar-refractivity contribution in [2.75, 3.05) is 0 Å². The number of nitrogens with one attached hydrogen (secondary N) is 1. The molecule has 0 unspecified atom stereocenters. The second kappa shape index (κ2) is 5.91. The van der Waals surface area contributed by atoms with Gasteiger partial charge in [0.2, 0.25) is 0 Å². The van der Waals surface area contributed by atoms with Crippen LogP contribution in [0.1, 0.15) is 56.3 Å². The number of nitrogens with zero attached hydrogens (tertiary/aromatic N) is 1. The zero-order valence-corrected chi connectivity index (χ0v) is 11.8. The van der Waals surface area contributed by atoms with Gasteiger partial charge in [-0.1, -0.05) is 6.42 Å². The van der Waals surface area contributed by atoms with Gasteiger partial charge in [0.05, 0.1) is 11.8 Å². The molecule has 3 heteroatoms. The molecule has 1 heterocycles. The summed E-state index contributed by atoms with van der Waals surface area (Å²) in [6.07, 6.45) is 9.39. The molecule has 0 aromatic carbocycles. The van der Waals surface area contributed by atoms with Crippen molar-refractivity contribution in [1.82, 2.24) is 10.3 Å². The van der Waals surface area contributed by atoms with Gasteiger partial charge in [0.25, 0.3) is 0 Å². The van der Waals surface area contributed by atoms with Crippen molar-refractivity contribution in [3.63, 3.8) is 0 Å². The Morgan fingerprint density at radius 1 is 1.16 bits per heavy atom. The fourth-order valence-electron chi connectivity index (χ4n) is 2.72. The van der Waals surface area contributed by atoms with Gasteiger partial charge in [-0.2, -0.15) is 0 Å². The Morgan fingerprint density at radius 3 is 2.68 bits per heavy atom. The number of ether oxygens (including phenoxy) is 1. The van der Waals surface area contributed by atoms with Gasteiger partial charge >= 0.3 is 0 Å². The van der Waals surface area contributed by atoms with Crippen LogP contribution in [0.25, 0.3) is 0 Å². The molecule has 1 aromatic rings. The average Bonchev–Trinajstić information content (AvgIpc) is 3.24. The zero-order valence-electron chi connectivity index (χ0n) is 11.8. The van der Waals surface area contributed by atoms with Gasteiger partial charge in [-0.3, -0.25) is 4.98 Å². The van der Waals surface area contributed by atoms with Gasteiger partial charge in [-0.25, -0.2) is 0 Å². The highest BCUT2D eigenvalue weighted by Crippen LogP contribution is 2.26. The minimum absolute atomic E-state index is 0.401. The van der Waals surface area contributed by atoms with E-state index in [1.807, 2.05) is 6.92 Å². The van der Waals surface area contributed by atoms with Crippen LogP contribution in [0.3, 0.4) is 0 Å². The molecule has 0 amide bonds. The molecule has 3 rings (SSSR count). The molecule has 1 N–H and O–H groups in total. The summed E-state index contributed by atoms with van der Waals surface area (Å²) in [6.45, 7) is 2.89. The molecule has 2 aliphatic carbocycles. The number of pyridine rings is 1. The van der Waals surface area contributed by atoms with Gasteiger partial charge in [0, 0.05) is 18.3 Å². The largest absolute Gasteiger partial charge is 0.488 e. The van der Waals surface area contributed by atoms with Crippen LogP contribution in [0.5, 0.6) is 5.75 Å². The van der Waals surface area contributed by atoms with Gasteiger partial charge in [0.1, 0.15) is 5.75 Å². The molecule has 0 spiro atoms. The normalized spacial score (nSPS) is 20.5. The van der Waals surface area contributed by atoms with Crippen molar-refractivity contribution in [2.45, 2.75) is 70.6 Å². The molecule has 0 bridgehead atoms. The topological polar surface area (TPSA) is 34.1 Å². The molecule has 0 atom stereocenters. The summed E-state index contributed by atoms with van der Waals surface area (Å²) >= 11 is 0. The first-order valence-electron chi connectivity index (χ1n) is 7.68. The molecule has 0 aliphatic heterocycles. The maximum absolute atomic E-state index is 6.19. The van der Waals surface area contributed by atoms with Gasteiger partial charge < -0.3 is 10.1 Å². The molecule has 0 saturated heterocycles. The summed E-state index contributed by atoms with van der Waals surface area (Å²) < 4.78 is 6.19. The van der Waals surface area contributed by atoms with E-state index in [2.05, 4.69) is 22.4 Å². The molecule has 3 nitrogen and oxygen atoms in total. The summed E-state index contributed by atoms with van der Waals surface area (Å²) in [6, 6.07) is 4.87. The van der Waals surface area contributed by atoms with E-state index in [4.69, 9.17) is 4.74 Å². The lowest BCUT2D eigenvalue weighted by Crippen LogP contribution is -2.22. The first-order valence-corrected chi connectivity index (χ1v) is 7.68. The average molecular weight is 260 g/mol. The van der Waals surface area contributed by atoms with E-state index >= 15 is 0 Å². The van der Waals surface area contributed by atoms with Crippen molar-refractivity contribution in [3.05, 3.63) is 23.5 Å². The van der Waals surface area contributed by atoms with Crippen LogP contribution >= 0.6 is 0 Å². The van der Waals surface area contributed by atoms with Crippen molar-refractivity contribution in [1.29, 1.82) is 0 Å². The predicted octanol–water partition coefficient (Wildman–Crippen LogP) is 3.35. The highest BCUT2D eigenvalue weighted by atomic mass is 16.5. The second-order valence-electron chi connectivity index (χ2n) is 5.93. The van der Waals surface area contributed by atoms with Crippen molar-refractivity contribution < 1.29 is 4.74 Å². The lowest BCUT2D eigenvalue weighted by molar-refractivity contribution is 0.152. The molecule has 104 valence electrons. The SMILES string of the molecule is Cc1ccc(OC2CCCCC2)c(CNC2CC2)n1. The Labute approximate surface area is 115 Å². The fraction of sp³-hybridized carbons (Fsp3) is 0.688. The first kappa shape index (κ1) is 12.9. The Kier molecular flexibility index (Phi) is 4.02. The van der Waals surface area contributed by atoms with Crippen molar-refractivity contribution in [2.24, 2.45) is 0 Å². The fourth-order valence-corrected chi connectivity index (χ4v) is 2.72. The monoisotopic (exact) mass is 260 g/mol. The van der Waals surface area contributed by atoms with Gasteiger partial charge in [-0.15, -0.1) is 0 Å². The minimum atomic E-state index is 0.401. The smallest absolute Gasteiger partial charge is 0.142 e. The predicted molar refractivity (Wildman–Crippen MR) is 76.3 cm³/mol. The quantitative estimate of drug-likeness (QED) is 0.881. The van der Waals surface area contributed by atoms with E-state index < -0.39 is 0 Å². The van der Waals surface area contributed by atoms with E-state index in [1.54, 1.807) is 0 Å². The summed E-state index contributed by atoms with van der Waals surface area (Å²) in [5.41, 5.74) is 2.15. The van der Waals surface area contributed by atoms with Gasteiger partial charge in [-0.05, 0) is 57.6 Å². The summed E-state index contributed by atoms with van der Waals surface area (Å²) in [4.78, 5) is 4.65. The van der Waals surface area contributed by atoms with Crippen molar-refractivity contribution in [3.8, 4) is 5.75 Å². The van der Waals surface area contributed by atoms with E-state index in [-0.39, 0.29) is 0 Å². The highest BCUT2D eigenvalue weighted by Gasteiger charge is 2.22. The molecule has 19 heavy (non-hydrogen) atoms. The Balaban J connectivity index is 1.66. The summed E-state index contributed by atoms with van der Waals surface area (Å²) in [7, 11) is 0. The van der Waals surface area contributed by atoms with Crippen LogP contribution < -0.4 is 10.1 Å². The Morgan fingerprint density at radius 2 is 1.95 bits per heavy atom. The van der Waals surface area contributed by atoms with E-state index in [0.29, 0.717) is 12.1 Å². The van der Waals surface area contributed by atoms with E-state index in [1.165, 1.54) is 44.9 Å². The van der Waals surface area contributed by atoms with Crippen LogP contribution in [0, 0.1) is 6.92 Å². The third-order valence-corrected chi connectivity index (χ3v) is 4.05. The number of aromatic nitrogens is 1. The lowest BCUT2D eigenvalue weighted by atomic mass is 9.98. The molecule has 2 aliphatic rings. The minimum Gasteiger partial charge on any atom is -0.488 e. The van der Waals surface area contributed by atoms with Crippen LogP contribution in [-0.2, 0) is 6.54 Å². The van der Waals surface area contributed by atoms with Crippen molar-refractivity contribution >= 4 is 0 Å². The summed E-state index contributed by atoms with van der Waals surface area (Å²) in [5, 5.41) is 3.54. The summed E-state index contributed by atoms with van der Waals surface area (Å²) in [5.74, 6) is 0.991. The number of hydrogen-bond donors (Lipinski definition) is 1. The number of aryl methyl sites for hydroxylation is 1. The highest BCUT2D eigenvalue weighted by molar-refractivity contribution is 5.29. The third kappa shape index (κ3) is 3.69.